The fraction of sp³-hybridized carbons (Fsp3) is 0.333. The molecule has 8 nitrogen and oxygen atoms in total. The van der Waals surface area contributed by atoms with Gasteiger partial charge in [0, 0.05) is 23.6 Å². The van der Waals surface area contributed by atoms with E-state index in [0.717, 1.165) is 18.2 Å². The van der Waals surface area contributed by atoms with Gasteiger partial charge >= 0.3 is 11.4 Å². The monoisotopic (exact) mass is 280 g/mol. The highest BCUT2D eigenvalue weighted by molar-refractivity contribution is 6.08. The fourth-order valence-corrected chi connectivity index (χ4v) is 1.46. The van der Waals surface area contributed by atoms with E-state index in [9.17, 15) is 29.8 Å². The van der Waals surface area contributed by atoms with Gasteiger partial charge in [0.15, 0.2) is 5.78 Å². The summed E-state index contributed by atoms with van der Waals surface area (Å²) in [6.07, 6.45) is -0.382. The molecule has 0 aliphatic heterocycles. The summed E-state index contributed by atoms with van der Waals surface area (Å²) in [7, 11) is 0. The maximum atomic E-state index is 11.8. The van der Waals surface area contributed by atoms with Crippen LogP contribution in [-0.4, -0.2) is 21.4 Å². The number of benzene rings is 1. The molecule has 106 valence electrons. The van der Waals surface area contributed by atoms with Crippen molar-refractivity contribution < 1.29 is 19.4 Å². The molecule has 0 atom stereocenters. The Kier molecular flexibility index (Phi) is 4.63. The number of nitro groups is 2. The van der Waals surface area contributed by atoms with Gasteiger partial charge in [-0.25, -0.2) is 0 Å². The SMILES string of the molecule is CC(C)C(=O)CC(=O)c1ccc([N+](=O)[O-])c([N+](=O)[O-])c1. The Morgan fingerprint density at radius 1 is 1.10 bits per heavy atom. The summed E-state index contributed by atoms with van der Waals surface area (Å²) in [6, 6.07) is 2.83. The zero-order valence-corrected chi connectivity index (χ0v) is 10.9. The lowest BCUT2D eigenvalue weighted by Crippen LogP contribution is -2.13. The van der Waals surface area contributed by atoms with E-state index in [1.165, 1.54) is 0 Å². The van der Waals surface area contributed by atoms with Gasteiger partial charge < -0.3 is 0 Å². The summed E-state index contributed by atoms with van der Waals surface area (Å²) in [4.78, 5) is 42.8. The van der Waals surface area contributed by atoms with Gasteiger partial charge in [-0.3, -0.25) is 29.8 Å². The molecule has 0 aliphatic carbocycles. The smallest absolute Gasteiger partial charge is 0.299 e. The van der Waals surface area contributed by atoms with Gasteiger partial charge in [-0.2, -0.15) is 0 Å². The molecular weight excluding hydrogens is 268 g/mol. The number of carbonyl (C=O) groups is 2. The van der Waals surface area contributed by atoms with Gasteiger partial charge in [0.25, 0.3) is 0 Å². The van der Waals surface area contributed by atoms with Crippen LogP contribution in [-0.2, 0) is 4.79 Å². The molecule has 0 bridgehead atoms. The minimum absolute atomic E-state index is 0.0868. The molecule has 1 aromatic carbocycles. The van der Waals surface area contributed by atoms with E-state index in [1.807, 2.05) is 0 Å². The van der Waals surface area contributed by atoms with E-state index < -0.39 is 27.0 Å². The molecule has 8 heteroatoms. The quantitative estimate of drug-likeness (QED) is 0.341. The van der Waals surface area contributed by atoms with Crippen LogP contribution in [0.3, 0.4) is 0 Å². The lowest BCUT2D eigenvalue weighted by Gasteiger charge is -2.03. The Balaban J connectivity index is 3.12. The van der Waals surface area contributed by atoms with E-state index >= 15 is 0 Å². The van der Waals surface area contributed by atoms with E-state index in [1.54, 1.807) is 13.8 Å². The first-order chi connectivity index (χ1) is 9.23. The average molecular weight is 280 g/mol. The lowest BCUT2D eigenvalue weighted by molar-refractivity contribution is -0.422. The molecule has 0 unspecified atom stereocenters. The summed E-state index contributed by atoms with van der Waals surface area (Å²) in [5.41, 5.74) is -1.55. The largest absolute Gasteiger partial charge is 0.346 e. The van der Waals surface area contributed by atoms with Crippen molar-refractivity contribution >= 4 is 22.9 Å². The number of hydrogen-bond donors (Lipinski definition) is 0. The molecule has 1 aromatic rings. The Hall–Kier alpha value is -2.64. The summed E-state index contributed by atoms with van der Waals surface area (Å²) in [5.74, 6) is -1.22. The molecule has 1 rings (SSSR count). The van der Waals surface area contributed by atoms with Crippen LogP contribution in [0.4, 0.5) is 11.4 Å². The lowest BCUT2D eigenvalue weighted by atomic mass is 9.99. The van der Waals surface area contributed by atoms with Gasteiger partial charge in [-0.1, -0.05) is 13.8 Å². The minimum atomic E-state index is -0.931. The number of ketones is 2. The Labute approximate surface area is 113 Å². The molecule has 0 aliphatic rings. The van der Waals surface area contributed by atoms with Gasteiger partial charge in [-0.15, -0.1) is 0 Å². The van der Waals surface area contributed by atoms with Crippen molar-refractivity contribution in [3.05, 3.63) is 44.0 Å². The molecule has 0 fully saturated rings. The topological polar surface area (TPSA) is 120 Å². The normalized spacial score (nSPS) is 10.3. The van der Waals surface area contributed by atoms with E-state index in [2.05, 4.69) is 0 Å². The summed E-state index contributed by atoms with van der Waals surface area (Å²) < 4.78 is 0. The highest BCUT2D eigenvalue weighted by Crippen LogP contribution is 2.28. The predicted molar refractivity (Wildman–Crippen MR) is 68.5 cm³/mol. The van der Waals surface area contributed by atoms with Crippen molar-refractivity contribution in [1.29, 1.82) is 0 Å². The molecular formula is C12H12N2O6. The van der Waals surface area contributed by atoms with E-state index in [0.29, 0.717) is 0 Å². The van der Waals surface area contributed by atoms with Crippen LogP contribution in [0.5, 0.6) is 0 Å². The molecule has 0 spiro atoms. The average Bonchev–Trinajstić information content (AvgIpc) is 2.37. The first-order valence-electron chi connectivity index (χ1n) is 5.72. The summed E-state index contributed by atoms with van der Waals surface area (Å²) in [6.45, 7) is 3.27. The maximum absolute atomic E-state index is 11.8. The highest BCUT2D eigenvalue weighted by Gasteiger charge is 2.26. The van der Waals surface area contributed by atoms with Crippen LogP contribution in [0.1, 0.15) is 30.6 Å². The van der Waals surface area contributed by atoms with Crippen molar-refractivity contribution in [1.82, 2.24) is 0 Å². The molecule has 0 saturated carbocycles. The molecule has 0 aromatic heterocycles. The van der Waals surface area contributed by atoms with Crippen LogP contribution in [0.25, 0.3) is 0 Å². The van der Waals surface area contributed by atoms with Crippen molar-refractivity contribution in [3.63, 3.8) is 0 Å². The van der Waals surface area contributed by atoms with Crippen LogP contribution in [0, 0.1) is 26.1 Å². The summed E-state index contributed by atoms with van der Waals surface area (Å²) in [5, 5.41) is 21.4. The van der Waals surface area contributed by atoms with Crippen molar-refractivity contribution in [3.8, 4) is 0 Å². The third-order valence-corrected chi connectivity index (χ3v) is 2.67. The number of nitrogens with zero attached hydrogens (tertiary/aromatic N) is 2. The number of carbonyl (C=O) groups excluding carboxylic acids is 2. The standard InChI is InChI=1S/C12H12N2O6/c1-7(2)11(15)6-12(16)8-3-4-9(13(17)18)10(5-8)14(19)20/h3-5,7H,6H2,1-2H3. The van der Waals surface area contributed by atoms with Crippen molar-refractivity contribution in [2.24, 2.45) is 5.92 Å². The number of Topliss-reactive ketones (excluding diaryl/α,β-unsaturated/α-hetero) is 2. The van der Waals surface area contributed by atoms with E-state index in [4.69, 9.17) is 0 Å². The number of rotatable bonds is 6. The number of hydrogen-bond acceptors (Lipinski definition) is 6. The predicted octanol–water partition coefficient (Wildman–Crippen LogP) is 2.30. The second-order valence-corrected chi connectivity index (χ2v) is 4.44. The molecule has 0 heterocycles. The Morgan fingerprint density at radius 2 is 1.65 bits per heavy atom. The fourth-order valence-electron chi connectivity index (χ4n) is 1.46. The van der Waals surface area contributed by atoms with Crippen LogP contribution >= 0.6 is 0 Å². The van der Waals surface area contributed by atoms with Gasteiger partial charge in [0.05, 0.1) is 16.3 Å². The molecule has 0 amide bonds. The van der Waals surface area contributed by atoms with Crippen LogP contribution in [0.2, 0.25) is 0 Å². The van der Waals surface area contributed by atoms with Crippen LogP contribution < -0.4 is 0 Å². The molecule has 20 heavy (non-hydrogen) atoms. The number of nitro benzene ring substituents is 2. The first-order valence-corrected chi connectivity index (χ1v) is 5.72. The Morgan fingerprint density at radius 3 is 2.10 bits per heavy atom. The van der Waals surface area contributed by atoms with Gasteiger partial charge in [0.1, 0.15) is 5.78 Å². The molecule has 0 saturated heterocycles. The zero-order valence-electron chi connectivity index (χ0n) is 10.9. The van der Waals surface area contributed by atoms with Crippen molar-refractivity contribution in [2.45, 2.75) is 20.3 Å². The third kappa shape index (κ3) is 3.44. The summed E-state index contributed by atoms with van der Waals surface area (Å²) >= 11 is 0. The minimum Gasteiger partial charge on any atom is -0.299 e. The van der Waals surface area contributed by atoms with Crippen LogP contribution in [0.15, 0.2) is 18.2 Å². The molecule has 0 radical (unpaired) electrons. The van der Waals surface area contributed by atoms with Gasteiger partial charge in [-0.05, 0) is 6.07 Å². The Bertz CT molecular complexity index is 594. The second kappa shape index (κ2) is 6.00. The maximum Gasteiger partial charge on any atom is 0.346 e. The molecule has 0 N–H and O–H groups in total. The highest BCUT2D eigenvalue weighted by atomic mass is 16.6. The van der Waals surface area contributed by atoms with Crippen molar-refractivity contribution in [2.75, 3.05) is 0 Å². The zero-order chi connectivity index (χ0) is 15.4. The third-order valence-electron chi connectivity index (χ3n) is 2.67. The van der Waals surface area contributed by atoms with Gasteiger partial charge in [0.2, 0.25) is 0 Å². The second-order valence-electron chi connectivity index (χ2n) is 4.44. The first kappa shape index (κ1) is 15.4. The van der Waals surface area contributed by atoms with E-state index in [-0.39, 0.29) is 23.7 Å².